The van der Waals surface area contributed by atoms with Crippen molar-refractivity contribution in [2.75, 3.05) is 0 Å². The van der Waals surface area contributed by atoms with Crippen LogP contribution < -0.4 is 34.9 Å². The first kappa shape index (κ1) is 11.9. The quantitative estimate of drug-likeness (QED) is 0.491. The Labute approximate surface area is 93.3 Å². The fourth-order valence-electron chi connectivity index (χ4n) is 1.17. The van der Waals surface area contributed by atoms with Crippen molar-refractivity contribution in [3.05, 3.63) is 0 Å². The van der Waals surface area contributed by atoms with Crippen molar-refractivity contribution in [3.8, 4) is 0 Å². The Bertz CT molecular complexity index is 201. The van der Waals surface area contributed by atoms with Crippen molar-refractivity contribution in [1.82, 2.24) is 5.32 Å². The summed E-state index contributed by atoms with van der Waals surface area (Å²) >= 11 is 0. The first-order valence-corrected chi connectivity index (χ1v) is 3.69. The monoisotopic (exact) mass is 180 g/mol. The Morgan fingerprint density at radius 2 is 1.83 bits per heavy atom. The molecule has 4 nitrogen and oxygen atoms in total. The third kappa shape index (κ3) is 1.81. The Morgan fingerprint density at radius 1 is 1.33 bits per heavy atom. The van der Waals surface area contributed by atoms with E-state index >= 15 is 0 Å². The van der Waals surface area contributed by atoms with Gasteiger partial charge >= 0.3 is 35.7 Å². The molecule has 0 atom stereocenters. The average molecular weight is 180 g/mol. The van der Waals surface area contributed by atoms with E-state index in [1.54, 1.807) is 0 Å². The van der Waals surface area contributed by atoms with E-state index in [0.717, 1.165) is 0 Å². The molecule has 0 saturated carbocycles. The van der Waals surface area contributed by atoms with Crippen molar-refractivity contribution in [1.29, 1.82) is 0 Å². The van der Waals surface area contributed by atoms with Gasteiger partial charge in [0, 0.05) is 0 Å². The maximum atomic E-state index is 11.1. The van der Waals surface area contributed by atoms with E-state index < -0.39 is 11.7 Å². The summed E-state index contributed by atoms with van der Waals surface area (Å²) < 4.78 is 4.86. The van der Waals surface area contributed by atoms with Crippen LogP contribution in [0.15, 0.2) is 0 Å². The number of ether oxygens (including phenoxy) is 1. The molecule has 1 fully saturated rings. The van der Waals surface area contributed by atoms with Crippen LogP contribution in [0.3, 0.4) is 0 Å². The number of cyclic esters (lactones) is 1. The second-order valence-electron chi connectivity index (χ2n) is 2.55. The van der Waals surface area contributed by atoms with Crippen LogP contribution in [0.4, 0.5) is 4.79 Å². The van der Waals surface area contributed by atoms with Crippen LogP contribution in [0.25, 0.3) is 0 Å². The summed E-state index contributed by atoms with van der Waals surface area (Å²) in [5, 5.41) is 2.11. The predicted molar refractivity (Wildman–Crippen MR) is 37.9 cm³/mol. The molecule has 0 bridgehead atoms. The van der Waals surface area contributed by atoms with Gasteiger partial charge in [0.25, 0.3) is 5.91 Å². The van der Waals surface area contributed by atoms with E-state index in [4.69, 9.17) is 4.74 Å². The van der Waals surface area contributed by atoms with Gasteiger partial charge in [-0.1, -0.05) is 13.8 Å². The van der Waals surface area contributed by atoms with E-state index in [1.165, 1.54) is 0 Å². The minimum atomic E-state index is -0.892. The molecule has 0 aliphatic carbocycles. The Kier molecular flexibility index (Phi) is 4.23. The smallest absolute Gasteiger partial charge is 0.433 e. The summed E-state index contributed by atoms with van der Waals surface area (Å²) in [4.78, 5) is 21.7. The number of carbonyl (C=O) groups is 2. The molecule has 0 aromatic rings. The van der Waals surface area contributed by atoms with Crippen molar-refractivity contribution in [3.63, 3.8) is 0 Å². The first-order chi connectivity index (χ1) is 5.14. The van der Waals surface area contributed by atoms with E-state index in [2.05, 4.69) is 5.32 Å². The molecule has 12 heavy (non-hydrogen) atoms. The van der Waals surface area contributed by atoms with Gasteiger partial charge in [-0.25, -0.2) is 4.79 Å². The van der Waals surface area contributed by atoms with Crippen LogP contribution in [0.2, 0.25) is 0 Å². The van der Waals surface area contributed by atoms with Crippen LogP contribution in [-0.2, 0) is 9.53 Å². The van der Waals surface area contributed by atoms with Gasteiger partial charge in [-0.2, -0.15) is 0 Å². The number of hydrogen-bond donors (Lipinski definition) is 1. The third-order valence-corrected chi connectivity index (χ3v) is 2.06. The zero-order chi connectivity index (χ0) is 8.48. The molecule has 0 spiro atoms. The fourth-order valence-corrected chi connectivity index (χ4v) is 1.17. The second-order valence-corrected chi connectivity index (χ2v) is 2.55. The summed E-state index contributed by atoms with van der Waals surface area (Å²) in [6.07, 6.45) is 0.431. The predicted octanol–water partition coefficient (Wildman–Crippen LogP) is -2.18. The van der Waals surface area contributed by atoms with E-state index in [0.29, 0.717) is 12.8 Å². The topological polar surface area (TPSA) is 55.4 Å². The number of hydrogen-bond acceptors (Lipinski definition) is 3. The summed E-state index contributed by atoms with van der Waals surface area (Å²) in [6, 6.07) is 0. The molecule has 62 valence electrons. The zero-order valence-electron chi connectivity index (χ0n) is 7.64. The minimum Gasteiger partial charge on any atom is -0.433 e. The van der Waals surface area contributed by atoms with Crippen LogP contribution in [0, 0.1) is 0 Å². The third-order valence-electron chi connectivity index (χ3n) is 2.06. The van der Waals surface area contributed by atoms with E-state index in [9.17, 15) is 9.59 Å². The first-order valence-electron chi connectivity index (χ1n) is 3.69. The second kappa shape index (κ2) is 4.25. The van der Waals surface area contributed by atoms with Crippen LogP contribution in [0.1, 0.15) is 26.7 Å². The number of alkyl carbamates (subject to hydrolysis) is 1. The largest absolute Gasteiger partial charge is 1.00 e. The zero-order valence-corrected chi connectivity index (χ0v) is 9.64. The maximum Gasteiger partial charge on any atom is 1.00 e. The summed E-state index contributed by atoms with van der Waals surface area (Å²) in [5.41, 5.74) is -0.892. The molecule has 1 heterocycles. The number of rotatable bonds is 2. The number of amides is 2. The Morgan fingerprint density at radius 3 is 2.00 bits per heavy atom. The molecule has 1 saturated heterocycles. The standard InChI is InChI=1S/C7H11NO3.Na/c1-3-7(4-2)5(9)8-6(10)11-7;/h3-4H2,1-2H3,(H,8,9,10);/q;+1. The Balaban J connectivity index is 0.00000121. The molecule has 0 aromatic heterocycles. The SMILES string of the molecule is CCC1(CC)OC(=O)NC1=O.[Na+]. The number of carbonyl (C=O) groups excluding carboxylic acids is 2. The van der Waals surface area contributed by atoms with Gasteiger partial charge in [-0.15, -0.1) is 0 Å². The summed E-state index contributed by atoms with van der Waals surface area (Å²) in [7, 11) is 0. The minimum absolute atomic E-state index is 0. The van der Waals surface area contributed by atoms with Gasteiger partial charge < -0.3 is 4.74 Å². The molecule has 1 N–H and O–H groups in total. The van der Waals surface area contributed by atoms with Gasteiger partial charge in [0.2, 0.25) is 0 Å². The van der Waals surface area contributed by atoms with Crippen molar-refractivity contribution in [2.45, 2.75) is 32.3 Å². The Hall–Kier alpha value is -0.0600. The molecule has 1 rings (SSSR count). The normalized spacial score (nSPS) is 19.5. The van der Waals surface area contributed by atoms with E-state index in [1.807, 2.05) is 13.8 Å². The molecule has 2 amide bonds. The van der Waals surface area contributed by atoms with Gasteiger partial charge in [0.15, 0.2) is 5.60 Å². The van der Waals surface area contributed by atoms with Crippen LogP contribution in [-0.4, -0.2) is 17.6 Å². The molecular formula is C7H11NNaO3+. The van der Waals surface area contributed by atoms with E-state index in [-0.39, 0.29) is 35.5 Å². The van der Waals surface area contributed by atoms with Crippen LogP contribution in [0.5, 0.6) is 0 Å². The van der Waals surface area contributed by atoms with Crippen LogP contribution >= 0.6 is 0 Å². The van der Waals surface area contributed by atoms with Gasteiger partial charge in [0.05, 0.1) is 0 Å². The van der Waals surface area contributed by atoms with Crippen molar-refractivity contribution < 1.29 is 43.9 Å². The molecule has 1 aliphatic heterocycles. The van der Waals surface area contributed by atoms with Gasteiger partial charge in [-0.3, -0.25) is 10.1 Å². The van der Waals surface area contributed by atoms with Crippen molar-refractivity contribution in [2.24, 2.45) is 0 Å². The molecule has 1 aliphatic rings. The molecular weight excluding hydrogens is 169 g/mol. The fraction of sp³-hybridized carbons (Fsp3) is 0.714. The number of imide groups is 1. The average Bonchev–Trinajstić information content (AvgIpc) is 2.27. The molecule has 0 radical (unpaired) electrons. The van der Waals surface area contributed by atoms with Crippen molar-refractivity contribution >= 4 is 12.0 Å². The summed E-state index contributed by atoms with van der Waals surface area (Å²) in [5.74, 6) is -0.312. The van der Waals surface area contributed by atoms with Gasteiger partial charge in [-0.05, 0) is 12.8 Å². The maximum absolute atomic E-state index is 11.1. The molecule has 0 unspecified atom stereocenters. The van der Waals surface area contributed by atoms with Gasteiger partial charge in [0.1, 0.15) is 0 Å². The summed E-state index contributed by atoms with van der Waals surface area (Å²) in [6.45, 7) is 3.64. The number of nitrogens with one attached hydrogen (secondary N) is 1. The molecule has 5 heteroatoms. The molecule has 0 aromatic carbocycles.